The van der Waals surface area contributed by atoms with Gasteiger partial charge in [-0.1, -0.05) is 12.1 Å². The predicted octanol–water partition coefficient (Wildman–Crippen LogP) is 1.74. The second-order valence-corrected chi connectivity index (χ2v) is 3.15. The molecule has 0 fully saturated rings. The minimum atomic E-state index is -1.23. The van der Waals surface area contributed by atoms with Crippen molar-refractivity contribution in [2.24, 2.45) is 0 Å². The lowest BCUT2D eigenvalue weighted by molar-refractivity contribution is -0.154. The van der Waals surface area contributed by atoms with Gasteiger partial charge in [0, 0.05) is 7.11 Å². The summed E-state index contributed by atoms with van der Waals surface area (Å²) in [5, 5.41) is 0. The van der Waals surface area contributed by atoms with E-state index in [2.05, 4.69) is 0 Å². The third-order valence-electron chi connectivity index (χ3n) is 2.38. The molecular weight excluding hydrogens is 199 g/mol. The van der Waals surface area contributed by atoms with Crippen molar-refractivity contribution in [2.45, 2.75) is 5.60 Å². The lowest BCUT2D eigenvalue weighted by atomic mass is 9.95. The maximum atomic E-state index is 12.7. The van der Waals surface area contributed by atoms with E-state index in [-0.39, 0.29) is 5.82 Å². The first-order chi connectivity index (χ1) is 7.19. The van der Waals surface area contributed by atoms with Crippen LogP contribution in [0.1, 0.15) is 5.56 Å². The van der Waals surface area contributed by atoms with Gasteiger partial charge < -0.3 is 9.47 Å². The number of esters is 1. The first-order valence-corrected chi connectivity index (χ1v) is 4.39. The fourth-order valence-corrected chi connectivity index (χ4v) is 1.53. The molecule has 0 aliphatic carbocycles. The van der Waals surface area contributed by atoms with Crippen LogP contribution in [0.25, 0.3) is 0 Å². The average Bonchev–Trinajstić information content (AvgIpc) is 2.62. The molecule has 0 bridgehead atoms. The molecule has 3 nitrogen and oxygen atoms in total. The maximum Gasteiger partial charge on any atom is 0.352 e. The van der Waals surface area contributed by atoms with Crippen LogP contribution in [0.2, 0.25) is 0 Å². The highest BCUT2D eigenvalue weighted by Gasteiger charge is 2.43. The molecule has 4 heteroatoms. The van der Waals surface area contributed by atoms with E-state index in [1.165, 1.54) is 43.7 Å². The van der Waals surface area contributed by atoms with Gasteiger partial charge in [-0.2, -0.15) is 0 Å². The largest absolute Gasteiger partial charge is 0.432 e. The lowest BCUT2D eigenvalue weighted by Gasteiger charge is -2.21. The van der Waals surface area contributed by atoms with Crippen molar-refractivity contribution in [3.05, 3.63) is 48.0 Å². The molecule has 1 aromatic carbocycles. The summed E-state index contributed by atoms with van der Waals surface area (Å²) in [6, 6.07) is 5.54. The molecule has 15 heavy (non-hydrogen) atoms. The Morgan fingerprint density at radius 1 is 1.33 bits per heavy atom. The molecular formula is C11H9FO3. The summed E-state index contributed by atoms with van der Waals surface area (Å²) >= 11 is 0. The Morgan fingerprint density at radius 2 is 2.00 bits per heavy atom. The molecule has 0 spiro atoms. The SMILES string of the molecule is COC1(c2ccc(F)cc2)C=COC1=O. The summed E-state index contributed by atoms with van der Waals surface area (Å²) in [5.41, 5.74) is -0.682. The van der Waals surface area contributed by atoms with Crippen LogP contribution in [0.15, 0.2) is 36.6 Å². The molecule has 1 atom stereocenters. The molecule has 2 rings (SSSR count). The molecule has 0 aromatic heterocycles. The number of ether oxygens (including phenoxy) is 2. The van der Waals surface area contributed by atoms with E-state index in [0.29, 0.717) is 5.56 Å². The number of carbonyl (C=O) groups is 1. The highest BCUT2D eigenvalue weighted by molar-refractivity contribution is 5.86. The lowest BCUT2D eigenvalue weighted by Crippen LogP contribution is -2.33. The van der Waals surface area contributed by atoms with E-state index in [0.717, 1.165) is 0 Å². The third-order valence-corrected chi connectivity index (χ3v) is 2.38. The van der Waals surface area contributed by atoms with E-state index < -0.39 is 11.6 Å². The Morgan fingerprint density at radius 3 is 2.47 bits per heavy atom. The minimum absolute atomic E-state index is 0.361. The fraction of sp³-hybridized carbons (Fsp3) is 0.182. The fourth-order valence-electron chi connectivity index (χ4n) is 1.53. The van der Waals surface area contributed by atoms with E-state index >= 15 is 0 Å². The smallest absolute Gasteiger partial charge is 0.352 e. The average molecular weight is 208 g/mol. The van der Waals surface area contributed by atoms with Crippen molar-refractivity contribution < 1.29 is 18.7 Å². The van der Waals surface area contributed by atoms with Crippen LogP contribution in [0.5, 0.6) is 0 Å². The number of hydrogen-bond donors (Lipinski definition) is 0. The van der Waals surface area contributed by atoms with Crippen LogP contribution in [-0.4, -0.2) is 13.1 Å². The van der Waals surface area contributed by atoms with E-state index in [9.17, 15) is 9.18 Å². The van der Waals surface area contributed by atoms with Gasteiger partial charge in [0.2, 0.25) is 5.60 Å². The van der Waals surface area contributed by atoms with Gasteiger partial charge in [0.1, 0.15) is 5.82 Å². The van der Waals surface area contributed by atoms with Crippen molar-refractivity contribution in [3.8, 4) is 0 Å². The van der Waals surface area contributed by atoms with Crippen LogP contribution in [-0.2, 0) is 19.9 Å². The van der Waals surface area contributed by atoms with Gasteiger partial charge in [-0.15, -0.1) is 0 Å². The van der Waals surface area contributed by atoms with E-state index in [4.69, 9.17) is 9.47 Å². The Hall–Kier alpha value is -1.68. The first kappa shape index (κ1) is 9.86. The molecule has 0 saturated carbocycles. The monoisotopic (exact) mass is 208 g/mol. The summed E-state index contributed by atoms with van der Waals surface area (Å²) in [7, 11) is 1.40. The number of cyclic esters (lactones) is 1. The molecule has 0 saturated heterocycles. The Kier molecular flexibility index (Phi) is 2.28. The standard InChI is InChI=1S/C11H9FO3/c1-14-11(6-7-15-10(11)13)8-2-4-9(12)5-3-8/h2-7H,1H3. The highest BCUT2D eigenvalue weighted by atomic mass is 19.1. The first-order valence-electron chi connectivity index (χ1n) is 4.39. The molecule has 0 amide bonds. The quantitative estimate of drug-likeness (QED) is 0.694. The number of rotatable bonds is 2. The van der Waals surface area contributed by atoms with Crippen molar-refractivity contribution in [2.75, 3.05) is 7.11 Å². The summed E-state index contributed by atoms with van der Waals surface area (Å²) in [6.07, 6.45) is 2.78. The zero-order valence-electron chi connectivity index (χ0n) is 8.07. The van der Waals surface area contributed by atoms with Gasteiger partial charge in [0.25, 0.3) is 0 Å². The number of methoxy groups -OCH3 is 1. The van der Waals surface area contributed by atoms with Gasteiger partial charge in [0.15, 0.2) is 0 Å². The zero-order valence-corrected chi connectivity index (χ0v) is 8.07. The summed E-state index contributed by atoms with van der Waals surface area (Å²) in [4.78, 5) is 11.5. The molecule has 1 aliphatic rings. The molecule has 1 unspecified atom stereocenters. The van der Waals surface area contributed by atoms with Crippen LogP contribution >= 0.6 is 0 Å². The summed E-state index contributed by atoms with van der Waals surface area (Å²) in [5.74, 6) is -0.878. The Labute approximate surface area is 86.1 Å². The van der Waals surface area contributed by atoms with Crippen LogP contribution in [0.3, 0.4) is 0 Å². The van der Waals surface area contributed by atoms with Gasteiger partial charge >= 0.3 is 5.97 Å². The van der Waals surface area contributed by atoms with Crippen LogP contribution in [0.4, 0.5) is 4.39 Å². The molecule has 1 aromatic rings. The van der Waals surface area contributed by atoms with Gasteiger partial charge in [-0.3, -0.25) is 0 Å². The van der Waals surface area contributed by atoms with Gasteiger partial charge in [-0.05, 0) is 23.8 Å². The van der Waals surface area contributed by atoms with Crippen molar-refractivity contribution in [1.82, 2.24) is 0 Å². The second kappa shape index (κ2) is 3.47. The minimum Gasteiger partial charge on any atom is -0.432 e. The molecule has 0 N–H and O–H groups in total. The van der Waals surface area contributed by atoms with E-state index in [1.54, 1.807) is 0 Å². The van der Waals surface area contributed by atoms with Gasteiger partial charge in [-0.25, -0.2) is 9.18 Å². The van der Waals surface area contributed by atoms with Crippen molar-refractivity contribution in [3.63, 3.8) is 0 Å². The Bertz CT molecular complexity index is 410. The maximum absolute atomic E-state index is 12.7. The highest BCUT2D eigenvalue weighted by Crippen LogP contribution is 2.32. The molecule has 1 heterocycles. The summed E-state index contributed by atoms with van der Waals surface area (Å²) in [6.45, 7) is 0. The molecule has 0 radical (unpaired) electrons. The second-order valence-electron chi connectivity index (χ2n) is 3.15. The third kappa shape index (κ3) is 1.43. The zero-order chi connectivity index (χ0) is 10.9. The van der Waals surface area contributed by atoms with Gasteiger partial charge in [0.05, 0.1) is 6.26 Å². The Balaban J connectivity index is 2.47. The molecule has 78 valence electrons. The number of benzene rings is 1. The number of hydrogen-bond acceptors (Lipinski definition) is 3. The normalized spacial score (nSPS) is 24.3. The predicted molar refractivity (Wildman–Crippen MR) is 50.3 cm³/mol. The summed E-state index contributed by atoms with van der Waals surface area (Å²) < 4.78 is 22.6. The number of carbonyl (C=O) groups excluding carboxylic acids is 1. The van der Waals surface area contributed by atoms with Crippen molar-refractivity contribution >= 4 is 5.97 Å². The molecule has 1 aliphatic heterocycles. The van der Waals surface area contributed by atoms with E-state index in [1.807, 2.05) is 0 Å². The topological polar surface area (TPSA) is 35.5 Å². The number of halogens is 1. The van der Waals surface area contributed by atoms with Crippen LogP contribution in [0, 0.1) is 5.82 Å². The van der Waals surface area contributed by atoms with Crippen molar-refractivity contribution in [1.29, 1.82) is 0 Å². The van der Waals surface area contributed by atoms with Crippen LogP contribution < -0.4 is 0 Å².